The van der Waals surface area contributed by atoms with Crippen LogP contribution in [0.3, 0.4) is 0 Å². The summed E-state index contributed by atoms with van der Waals surface area (Å²) in [7, 11) is 1.32. The quantitative estimate of drug-likeness (QED) is 0.597. The zero-order chi connectivity index (χ0) is 21.7. The topological polar surface area (TPSA) is 108 Å². The number of carbonyl (C=O) groups excluding carboxylic acids is 2. The summed E-state index contributed by atoms with van der Waals surface area (Å²) in [5.74, 6) is 0.324. The van der Waals surface area contributed by atoms with Crippen molar-refractivity contribution in [3.8, 4) is 5.75 Å². The maximum Gasteiger partial charge on any atom is 0.338 e. The Morgan fingerprint density at radius 3 is 2.70 bits per heavy atom. The number of nitrogens with one attached hydrogen (secondary N) is 1. The molecular weight excluding hydrogens is 386 g/mol. The van der Waals surface area contributed by atoms with Gasteiger partial charge >= 0.3 is 5.97 Å². The predicted molar refractivity (Wildman–Crippen MR) is 109 cm³/mol. The molecule has 0 aliphatic rings. The van der Waals surface area contributed by atoms with Gasteiger partial charge < -0.3 is 14.8 Å². The minimum Gasteiger partial charge on any atom is -0.486 e. The van der Waals surface area contributed by atoms with E-state index in [1.54, 1.807) is 54.1 Å². The lowest BCUT2D eigenvalue weighted by molar-refractivity contribution is 0.0599. The van der Waals surface area contributed by atoms with Gasteiger partial charge in [-0.05, 0) is 67.1 Å². The Morgan fingerprint density at radius 1 is 1.17 bits per heavy atom. The van der Waals surface area contributed by atoms with E-state index in [1.807, 2.05) is 13.8 Å². The van der Waals surface area contributed by atoms with Gasteiger partial charge in [-0.2, -0.15) is 0 Å². The molecule has 9 heteroatoms. The van der Waals surface area contributed by atoms with Crippen molar-refractivity contribution in [2.75, 3.05) is 12.4 Å². The first kappa shape index (κ1) is 21.0. The molecule has 30 heavy (non-hydrogen) atoms. The van der Waals surface area contributed by atoms with Crippen LogP contribution < -0.4 is 10.1 Å². The highest BCUT2D eigenvalue weighted by Crippen LogP contribution is 2.19. The molecule has 0 spiro atoms. The van der Waals surface area contributed by atoms with E-state index in [0.717, 1.165) is 5.56 Å². The molecule has 0 saturated carbocycles. The van der Waals surface area contributed by atoms with Crippen molar-refractivity contribution in [3.05, 3.63) is 65.0 Å². The molecule has 0 aliphatic heterocycles. The van der Waals surface area contributed by atoms with Gasteiger partial charge in [0.1, 0.15) is 12.4 Å². The highest BCUT2D eigenvalue weighted by atomic mass is 16.5. The first-order chi connectivity index (χ1) is 14.4. The number of aryl methyl sites for hydroxylation is 1. The normalized spacial score (nSPS) is 10.7. The van der Waals surface area contributed by atoms with Gasteiger partial charge in [0.05, 0.1) is 18.7 Å². The summed E-state index contributed by atoms with van der Waals surface area (Å²) in [4.78, 5) is 24.5. The van der Waals surface area contributed by atoms with Gasteiger partial charge in [0.25, 0.3) is 5.91 Å². The lowest BCUT2D eigenvalue weighted by atomic mass is 10.1. The van der Waals surface area contributed by atoms with Crippen molar-refractivity contribution in [2.24, 2.45) is 0 Å². The minimum absolute atomic E-state index is 0.111. The molecule has 0 radical (unpaired) electrons. The van der Waals surface area contributed by atoms with E-state index < -0.39 is 5.97 Å². The second-order valence-corrected chi connectivity index (χ2v) is 6.93. The van der Waals surface area contributed by atoms with Crippen LogP contribution in [0.4, 0.5) is 5.69 Å². The summed E-state index contributed by atoms with van der Waals surface area (Å²) < 4.78 is 12.2. The molecule has 0 atom stereocenters. The molecule has 1 aromatic heterocycles. The van der Waals surface area contributed by atoms with Crippen LogP contribution in [-0.2, 0) is 11.3 Å². The van der Waals surface area contributed by atoms with Gasteiger partial charge in [0.2, 0.25) is 0 Å². The Balaban J connectivity index is 1.70. The Morgan fingerprint density at radius 2 is 1.97 bits per heavy atom. The smallest absolute Gasteiger partial charge is 0.338 e. The predicted octanol–water partition coefficient (Wildman–Crippen LogP) is 3.18. The van der Waals surface area contributed by atoms with Crippen LogP contribution in [0.25, 0.3) is 0 Å². The van der Waals surface area contributed by atoms with Crippen LogP contribution in [0, 0.1) is 6.92 Å². The van der Waals surface area contributed by atoms with Gasteiger partial charge in [-0.1, -0.05) is 12.1 Å². The van der Waals surface area contributed by atoms with E-state index in [9.17, 15) is 9.59 Å². The monoisotopic (exact) mass is 409 g/mol. The highest BCUT2D eigenvalue weighted by molar-refractivity contribution is 6.05. The number of amides is 1. The molecule has 1 N–H and O–H groups in total. The van der Waals surface area contributed by atoms with Crippen LogP contribution in [0.5, 0.6) is 5.75 Å². The van der Waals surface area contributed by atoms with Crippen LogP contribution in [0.15, 0.2) is 42.5 Å². The lowest BCUT2D eigenvalue weighted by Gasteiger charge is -2.11. The lowest BCUT2D eigenvalue weighted by Crippen LogP contribution is -2.14. The summed E-state index contributed by atoms with van der Waals surface area (Å²) in [6.07, 6.45) is 0. The Bertz CT molecular complexity index is 1060. The van der Waals surface area contributed by atoms with E-state index in [-0.39, 0.29) is 18.6 Å². The summed E-state index contributed by atoms with van der Waals surface area (Å²) >= 11 is 0. The second kappa shape index (κ2) is 9.17. The van der Waals surface area contributed by atoms with Crippen LogP contribution in [-0.4, -0.2) is 39.2 Å². The summed E-state index contributed by atoms with van der Waals surface area (Å²) in [5, 5.41) is 14.3. The van der Waals surface area contributed by atoms with Gasteiger partial charge in [0, 0.05) is 11.3 Å². The van der Waals surface area contributed by atoms with E-state index in [4.69, 9.17) is 9.47 Å². The Hall–Kier alpha value is -3.75. The van der Waals surface area contributed by atoms with Crippen molar-refractivity contribution in [2.45, 2.75) is 33.4 Å². The molecule has 0 fully saturated rings. The first-order valence-corrected chi connectivity index (χ1v) is 9.39. The van der Waals surface area contributed by atoms with Crippen molar-refractivity contribution in [1.82, 2.24) is 20.2 Å². The van der Waals surface area contributed by atoms with Crippen molar-refractivity contribution < 1.29 is 19.1 Å². The van der Waals surface area contributed by atoms with E-state index in [2.05, 4.69) is 20.8 Å². The third kappa shape index (κ3) is 4.80. The van der Waals surface area contributed by atoms with Gasteiger partial charge in [-0.3, -0.25) is 4.79 Å². The molecule has 0 unspecified atom stereocenters. The molecule has 156 valence electrons. The number of anilines is 1. The number of ether oxygens (including phenoxy) is 2. The molecule has 1 amide bonds. The largest absolute Gasteiger partial charge is 0.486 e. The highest BCUT2D eigenvalue weighted by Gasteiger charge is 2.14. The summed E-state index contributed by atoms with van der Waals surface area (Å²) in [6.45, 7) is 5.92. The summed E-state index contributed by atoms with van der Waals surface area (Å²) in [6, 6.07) is 12.0. The number of aromatic nitrogens is 4. The number of methoxy groups -OCH3 is 1. The third-order valence-corrected chi connectivity index (χ3v) is 4.42. The maximum absolute atomic E-state index is 12.7. The fraction of sp³-hybridized carbons (Fsp3) is 0.286. The number of hydrogen-bond donors (Lipinski definition) is 1. The Kier molecular flexibility index (Phi) is 6.41. The number of nitrogens with zero attached hydrogens (tertiary/aromatic N) is 4. The molecule has 9 nitrogen and oxygen atoms in total. The minimum atomic E-state index is -0.456. The number of carbonyl (C=O) groups is 2. The average molecular weight is 409 g/mol. The van der Waals surface area contributed by atoms with E-state index >= 15 is 0 Å². The molecule has 3 rings (SSSR count). The van der Waals surface area contributed by atoms with Crippen molar-refractivity contribution >= 4 is 17.6 Å². The molecule has 3 aromatic rings. The maximum atomic E-state index is 12.7. The number of esters is 1. The van der Waals surface area contributed by atoms with Crippen LogP contribution in [0.1, 0.15) is 52.0 Å². The molecule has 2 aromatic carbocycles. The molecule has 1 heterocycles. The molecule has 0 bridgehead atoms. The zero-order valence-electron chi connectivity index (χ0n) is 17.2. The first-order valence-electron chi connectivity index (χ1n) is 9.39. The van der Waals surface area contributed by atoms with Gasteiger partial charge in [0.15, 0.2) is 5.82 Å². The van der Waals surface area contributed by atoms with Crippen LogP contribution in [0.2, 0.25) is 0 Å². The standard InChI is InChI=1S/C21H23N5O4/c1-13(2)26-19(23-24-25-26)12-30-17-7-5-6-15(10-17)20(27)22-16-9-8-14(3)18(11-16)21(28)29-4/h5-11,13H,12H2,1-4H3,(H,22,27). The van der Waals surface area contributed by atoms with E-state index in [1.165, 1.54) is 7.11 Å². The van der Waals surface area contributed by atoms with Crippen molar-refractivity contribution in [3.63, 3.8) is 0 Å². The van der Waals surface area contributed by atoms with Crippen molar-refractivity contribution in [1.29, 1.82) is 0 Å². The fourth-order valence-electron chi connectivity index (χ4n) is 2.82. The van der Waals surface area contributed by atoms with Crippen LogP contribution >= 0.6 is 0 Å². The fourth-order valence-corrected chi connectivity index (χ4v) is 2.82. The molecular formula is C21H23N5O4. The Labute approximate surface area is 174 Å². The zero-order valence-corrected chi connectivity index (χ0v) is 17.2. The summed E-state index contributed by atoms with van der Waals surface area (Å²) in [5.41, 5.74) is 2.07. The van der Waals surface area contributed by atoms with E-state index in [0.29, 0.717) is 28.4 Å². The molecule has 0 aliphatic carbocycles. The number of benzene rings is 2. The SMILES string of the molecule is COC(=O)c1cc(NC(=O)c2cccc(OCc3nnnn3C(C)C)c2)ccc1C. The second-order valence-electron chi connectivity index (χ2n) is 6.93. The van der Waals surface area contributed by atoms with Gasteiger partial charge in [-0.15, -0.1) is 5.10 Å². The number of tetrazole rings is 1. The number of hydrogen-bond acceptors (Lipinski definition) is 7. The molecule has 0 saturated heterocycles. The van der Waals surface area contributed by atoms with Gasteiger partial charge in [-0.25, -0.2) is 9.48 Å². The third-order valence-electron chi connectivity index (χ3n) is 4.42. The average Bonchev–Trinajstić information content (AvgIpc) is 3.22. The number of rotatable bonds is 7.